The van der Waals surface area contributed by atoms with Gasteiger partial charge in [0.05, 0.1) is 25.4 Å². The van der Waals surface area contributed by atoms with Gasteiger partial charge in [0.15, 0.2) is 0 Å². The van der Waals surface area contributed by atoms with Crippen LogP contribution in [0.3, 0.4) is 0 Å². The van der Waals surface area contributed by atoms with E-state index >= 15 is 0 Å². The number of halogens is 1. The second kappa shape index (κ2) is 7.16. The molecule has 23 heavy (non-hydrogen) atoms. The Balaban J connectivity index is 1.90. The lowest BCUT2D eigenvalue weighted by atomic mass is 9.76. The summed E-state index contributed by atoms with van der Waals surface area (Å²) in [7, 11) is 1.57. The lowest BCUT2D eigenvalue weighted by Gasteiger charge is -2.43. The van der Waals surface area contributed by atoms with Crippen molar-refractivity contribution in [1.82, 2.24) is 5.32 Å². The number of nitrogens with one attached hydrogen (secondary N) is 1. The fourth-order valence-corrected chi connectivity index (χ4v) is 4.02. The van der Waals surface area contributed by atoms with E-state index in [9.17, 15) is 9.50 Å². The first-order valence-corrected chi connectivity index (χ1v) is 8.50. The summed E-state index contributed by atoms with van der Waals surface area (Å²) in [5.41, 5.74) is -0.290. The number of rotatable bonds is 5. The molecule has 0 amide bonds. The number of hydrogen-bond acceptors (Lipinski definition) is 4. The Morgan fingerprint density at radius 3 is 2.83 bits per heavy atom. The largest absolute Gasteiger partial charge is 0.496 e. The molecule has 1 saturated carbocycles. The zero-order valence-electron chi connectivity index (χ0n) is 13.7. The second-order valence-electron chi connectivity index (χ2n) is 6.67. The Hall–Kier alpha value is -1.17. The molecule has 5 heteroatoms. The van der Waals surface area contributed by atoms with Crippen LogP contribution in [0.15, 0.2) is 18.2 Å². The summed E-state index contributed by atoms with van der Waals surface area (Å²) in [6.07, 6.45) is 4.33. The first-order valence-electron chi connectivity index (χ1n) is 8.50. The van der Waals surface area contributed by atoms with Gasteiger partial charge in [-0.2, -0.15) is 0 Å². The number of aliphatic hydroxyl groups is 1. The van der Waals surface area contributed by atoms with E-state index in [-0.39, 0.29) is 17.8 Å². The van der Waals surface area contributed by atoms with Crippen LogP contribution >= 0.6 is 0 Å². The van der Waals surface area contributed by atoms with E-state index in [0.29, 0.717) is 30.9 Å². The maximum absolute atomic E-state index is 13.7. The van der Waals surface area contributed by atoms with Crippen LogP contribution in [0.4, 0.5) is 4.39 Å². The predicted molar refractivity (Wildman–Crippen MR) is 86.2 cm³/mol. The van der Waals surface area contributed by atoms with E-state index in [2.05, 4.69) is 5.32 Å². The van der Waals surface area contributed by atoms with Crippen molar-refractivity contribution in [3.63, 3.8) is 0 Å². The van der Waals surface area contributed by atoms with Crippen molar-refractivity contribution in [2.75, 3.05) is 26.8 Å². The minimum Gasteiger partial charge on any atom is -0.496 e. The van der Waals surface area contributed by atoms with Gasteiger partial charge in [0, 0.05) is 19.5 Å². The van der Waals surface area contributed by atoms with Crippen LogP contribution < -0.4 is 10.1 Å². The number of ether oxygens (including phenoxy) is 2. The molecule has 2 N–H and O–H groups in total. The standard InChI is InChI=1S/C18H26FNO3/c1-22-16-7-6-15(19)10-13(16)11-18(21,14-4-2-3-5-14)17-12-20-8-9-23-17/h6-7,10,14,17,20-21H,2-5,8-9,11-12H2,1H3/t17-,18-/m0/s1/i1-1. The molecule has 0 bridgehead atoms. The molecular weight excluding hydrogens is 296 g/mol. The minimum absolute atomic E-state index is 0.181. The molecule has 1 aliphatic carbocycles. The Bertz CT molecular complexity index is 527. The number of morpholine rings is 1. The van der Waals surface area contributed by atoms with Gasteiger partial charge in [0.1, 0.15) is 11.6 Å². The molecule has 0 unspecified atom stereocenters. The van der Waals surface area contributed by atoms with Crippen molar-refractivity contribution in [3.8, 4) is 5.75 Å². The third-order valence-corrected chi connectivity index (χ3v) is 5.26. The first kappa shape index (κ1) is 16.7. The van der Waals surface area contributed by atoms with Crippen LogP contribution in [0.5, 0.6) is 5.75 Å². The van der Waals surface area contributed by atoms with Crippen molar-refractivity contribution in [2.24, 2.45) is 5.92 Å². The van der Waals surface area contributed by atoms with E-state index in [1.54, 1.807) is 13.2 Å². The van der Waals surface area contributed by atoms with Crippen molar-refractivity contribution >= 4 is 0 Å². The molecule has 1 aromatic rings. The van der Waals surface area contributed by atoms with E-state index < -0.39 is 5.60 Å². The van der Waals surface area contributed by atoms with Gasteiger partial charge in [-0.15, -0.1) is 0 Å². The molecule has 0 aromatic heterocycles. The summed E-state index contributed by atoms with van der Waals surface area (Å²) in [5, 5.41) is 14.9. The maximum Gasteiger partial charge on any atom is 0.123 e. The van der Waals surface area contributed by atoms with Crippen molar-refractivity contribution in [1.29, 1.82) is 0 Å². The van der Waals surface area contributed by atoms with Gasteiger partial charge in [-0.1, -0.05) is 12.8 Å². The maximum atomic E-state index is 13.7. The highest BCUT2D eigenvalue weighted by atomic mass is 19.1. The van der Waals surface area contributed by atoms with Crippen LogP contribution in [0.2, 0.25) is 0 Å². The zero-order chi connectivity index (χ0) is 16.3. The van der Waals surface area contributed by atoms with Gasteiger partial charge in [-0.3, -0.25) is 0 Å². The Labute approximate surface area is 137 Å². The topological polar surface area (TPSA) is 50.7 Å². The fraction of sp³-hybridized carbons (Fsp3) is 0.667. The van der Waals surface area contributed by atoms with E-state index in [0.717, 1.165) is 32.2 Å². The molecular formula is C18H26FNO3. The molecule has 0 spiro atoms. The third kappa shape index (κ3) is 3.52. The zero-order valence-corrected chi connectivity index (χ0v) is 13.7. The SMILES string of the molecule is [11CH3]Oc1ccc(F)cc1C[C@](O)(C1CCCC1)[C@@H]1CNCCO1. The minimum atomic E-state index is -0.995. The monoisotopic (exact) mass is 322 g/mol. The average molecular weight is 322 g/mol. The Morgan fingerprint density at radius 1 is 1.39 bits per heavy atom. The quantitative estimate of drug-likeness (QED) is 0.873. The summed E-state index contributed by atoms with van der Waals surface area (Å²) in [4.78, 5) is 0. The number of methoxy groups -OCH3 is 1. The highest BCUT2D eigenvalue weighted by Crippen LogP contribution is 2.40. The molecule has 4 nitrogen and oxygen atoms in total. The average Bonchev–Trinajstić information content (AvgIpc) is 3.11. The number of benzene rings is 1. The molecule has 0 radical (unpaired) electrons. The van der Waals surface area contributed by atoms with Crippen LogP contribution in [0.1, 0.15) is 31.2 Å². The summed E-state index contributed by atoms with van der Waals surface area (Å²) in [6, 6.07) is 4.48. The third-order valence-electron chi connectivity index (χ3n) is 5.26. The summed E-state index contributed by atoms with van der Waals surface area (Å²) in [5.74, 6) is 0.490. The van der Waals surface area contributed by atoms with Gasteiger partial charge < -0.3 is 19.9 Å². The normalized spacial score (nSPS) is 25.3. The fourth-order valence-electron chi connectivity index (χ4n) is 4.02. The highest BCUT2D eigenvalue weighted by Gasteiger charge is 2.46. The Kier molecular flexibility index (Phi) is 5.19. The Morgan fingerprint density at radius 2 is 2.17 bits per heavy atom. The van der Waals surface area contributed by atoms with Crippen LogP contribution in [-0.4, -0.2) is 43.6 Å². The molecule has 2 atom stereocenters. The molecule has 1 heterocycles. The smallest absolute Gasteiger partial charge is 0.123 e. The molecule has 2 aliphatic rings. The van der Waals surface area contributed by atoms with E-state index in [1.807, 2.05) is 0 Å². The van der Waals surface area contributed by atoms with Gasteiger partial charge >= 0.3 is 0 Å². The lowest BCUT2D eigenvalue weighted by Crippen LogP contribution is -2.57. The first-order chi connectivity index (χ1) is 11.1. The number of hydrogen-bond donors (Lipinski definition) is 2. The lowest BCUT2D eigenvalue weighted by molar-refractivity contribution is -0.147. The summed E-state index contributed by atoms with van der Waals surface area (Å²) in [6.45, 7) is 2.03. The predicted octanol–water partition coefficient (Wildman–Crippen LogP) is 2.29. The molecule has 3 rings (SSSR count). The van der Waals surface area contributed by atoms with Crippen LogP contribution in [0, 0.1) is 11.7 Å². The second-order valence-corrected chi connectivity index (χ2v) is 6.67. The van der Waals surface area contributed by atoms with Gasteiger partial charge in [-0.05, 0) is 42.5 Å². The van der Waals surface area contributed by atoms with Crippen LogP contribution in [0.25, 0.3) is 0 Å². The molecule has 128 valence electrons. The van der Waals surface area contributed by atoms with Gasteiger partial charge in [0.25, 0.3) is 0 Å². The van der Waals surface area contributed by atoms with E-state index in [4.69, 9.17) is 9.47 Å². The van der Waals surface area contributed by atoms with E-state index in [1.165, 1.54) is 12.1 Å². The molecule has 1 aliphatic heterocycles. The van der Waals surface area contributed by atoms with Gasteiger partial charge in [-0.25, -0.2) is 4.39 Å². The van der Waals surface area contributed by atoms with Gasteiger partial charge in [0.2, 0.25) is 0 Å². The summed E-state index contributed by atoms with van der Waals surface area (Å²) < 4.78 is 24.9. The summed E-state index contributed by atoms with van der Waals surface area (Å²) >= 11 is 0. The molecule has 1 saturated heterocycles. The van der Waals surface area contributed by atoms with Crippen molar-refractivity contribution in [3.05, 3.63) is 29.6 Å². The molecule has 2 fully saturated rings. The van der Waals surface area contributed by atoms with Crippen molar-refractivity contribution < 1.29 is 19.0 Å². The molecule has 1 aromatic carbocycles. The highest BCUT2D eigenvalue weighted by molar-refractivity contribution is 5.35. The van der Waals surface area contributed by atoms with Crippen molar-refractivity contribution in [2.45, 2.75) is 43.8 Å². The van der Waals surface area contributed by atoms with Crippen LogP contribution in [-0.2, 0) is 11.2 Å².